The van der Waals surface area contributed by atoms with E-state index in [-0.39, 0.29) is 5.56 Å². The molecule has 186 valence electrons. The van der Waals surface area contributed by atoms with Crippen LogP contribution < -0.4 is 10.9 Å². The van der Waals surface area contributed by atoms with Crippen LogP contribution in [0.2, 0.25) is 0 Å². The van der Waals surface area contributed by atoms with Crippen molar-refractivity contribution in [2.24, 2.45) is 0 Å². The number of nitrogens with zero attached hydrogens (tertiary/aromatic N) is 4. The minimum atomic E-state index is -0.0495. The third-order valence-corrected chi connectivity index (χ3v) is 6.53. The summed E-state index contributed by atoms with van der Waals surface area (Å²) in [6.45, 7) is 4.75. The Bertz CT molecular complexity index is 1540. The van der Waals surface area contributed by atoms with E-state index in [2.05, 4.69) is 51.1 Å². The van der Waals surface area contributed by atoms with Crippen molar-refractivity contribution in [3.63, 3.8) is 0 Å². The van der Waals surface area contributed by atoms with Gasteiger partial charge in [-0.2, -0.15) is 5.21 Å². The van der Waals surface area contributed by atoms with Gasteiger partial charge in [-0.25, -0.2) is 0 Å². The molecule has 0 aliphatic carbocycles. The first kappa shape index (κ1) is 24.2. The lowest BCUT2D eigenvalue weighted by Gasteiger charge is -2.21. The van der Waals surface area contributed by atoms with E-state index < -0.39 is 0 Å². The molecule has 0 saturated carbocycles. The average Bonchev–Trinajstić information content (AvgIpc) is 3.47. The van der Waals surface area contributed by atoms with E-state index in [1.807, 2.05) is 78.2 Å². The van der Waals surface area contributed by atoms with E-state index in [1.54, 1.807) is 0 Å². The van der Waals surface area contributed by atoms with Crippen LogP contribution in [0.4, 0.5) is 5.69 Å². The summed E-state index contributed by atoms with van der Waals surface area (Å²) in [5.41, 5.74) is 7.19. The predicted molar refractivity (Wildman–Crippen MR) is 148 cm³/mol. The molecule has 3 aromatic carbocycles. The summed E-state index contributed by atoms with van der Waals surface area (Å²) < 4.78 is 1.87. The van der Waals surface area contributed by atoms with Crippen LogP contribution in [0.25, 0.3) is 28.2 Å². The van der Waals surface area contributed by atoms with Gasteiger partial charge in [-0.3, -0.25) is 9.36 Å². The molecule has 7 heteroatoms. The van der Waals surface area contributed by atoms with Crippen molar-refractivity contribution in [2.75, 3.05) is 5.32 Å². The van der Waals surface area contributed by atoms with E-state index in [9.17, 15) is 4.79 Å². The minimum absolute atomic E-state index is 0.0495. The fourth-order valence-corrected chi connectivity index (χ4v) is 4.69. The van der Waals surface area contributed by atoms with Crippen LogP contribution in [0, 0.1) is 6.92 Å². The highest BCUT2D eigenvalue weighted by Gasteiger charge is 2.19. The number of aromatic amines is 1. The minimum Gasteiger partial charge on any atom is -0.376 e. The Morgan fingerprint density at radius 2 is 1.59 bits per heavy atom. The van der Waals surface area contributed by atoms with Crippen molar-refractivity contribution < 1.29 is 0 Å². The fraction of sp³-hybridized carbons (Fsp3) is 0.200. The van der Waals surface area contributed by atoms with Crippen LogP contribution in [0.15, 0.2) is 89.7 Å². The van der Waals surface area contributed by atoms with Crippen LogP contribution >= 0.6 is 0 Å². The molecule has 0 unspecified atom stereocenters. The number of benzene rings is 3. The maximum absolute atomic E-state index is 14.2. The number of tetrazole rings is 1. The van der Waals surface area contributed by atoms with Crippen LogP contribution in [0.1, 0.15) is 36.6 Å². The van der Waals surface area contributed by atoms with Crippen molar-refractivity contribution in [2.45, 2.75) is 39.7 Å². The van der Waals surface area contributed by atoms with Gasteiger partial charge in [0.25, 0.3) is 5.56 Å². The second kappa shape index (κ2) is 11.0. The van der Waals surface area contributed by atoms with E-state index >= 15 is 0 Å². The summed E-state index contributed by atoms with van der Waals surface area (Å²) in [5.74, 6) is 0.512. The third kappa shape index (κ3) is 5.07. The zero-order valence-electron chi connectivity index (χ0n) is 21.1. The van der Waals surface area contributed by atoms with Crippen LogP contribution in [0.3, 0.4) is 0 Å². The monoisotopic (exact) mass is 490 g/mol. The third-order valence-electron chi connectivity index (χ3n) is 6.53. The largest absolute Gasteiger partial charge is 0.376 e. The molecule has 2 aromatic heterocycles. The molecule has 0 atom stereocenters. The lowest BCUT2D eigenvalue weighted by atomic mass is 9.97. The van der Waals surface area contributed by atoms with Gasteiger partial charge in [0.1, 0.15) is 5.69 Å². The molecule has 2 N–H and O–H groups in total. The molecular formula is C30H30N6O. The number of para-hydroxylation sites is 1. The number of hydrogen-bond donors (Lipinski definition) is 2. The lowest BCUT2D eigenvalue weighted by molar-refractivity contribution is 0.743. The van der Waals surface area contributed by atoms with E-state index in [0.717, 1.165) is 58.5 Å². The molecule has 0 aliphatic rings. The van der Waals surface area contributed by atoms with Gasteiger partial charge in [0.05, 0.1) is 5.69 Å². The summed E-state index contributed by atoms with van der Waals surface area (Å²) >= 11 is 0. The van der Waals surface area contributed by atoms with Crippen LogP contribution in [0.5, 0.6) is 0 Å². The molecule has 0 amide bonds. The zero-order valence-corrected chi connectivity index (χ0v) is 21.1. The average molecular weight is 491 g/mol. The van der Waals surface area contributed by atoms with Crippen molar-refractivity contribution in [1.82, 2.24) is 25.2 Å². The summed E-state index contributed by atoms with van der Waals surface area (Å²) in [7, 11) is 0. The summed E-state index contributed by atoms with van der Waals surface area (Å²) in [5, 5.41) is 18.1. The fourth-order valence-electron chi connectivity index (χ4n) is 4.69. The SMILES string of the molecule is CCCCc1cc(C)c(NCc2ccccc2)c(=O)n1-c1ccccc1-c1ccccc1-c1nn[nH]n1. The lowest BCUT2D eigenvalue weighted by Crippen LogP contribution is -2.27. The Labute approximate surface area is 216 Å². The maximum atomic E-state index is 14.2. The molecule has 5 rings (SSSR count). The van der Waals surface area contributed by atoms with Gasteiger partial charge in [0.15, 0.2) is 0 Å². The number of aromatic nitrogens is 5. The molecule has 7 nitrogen and oxygen atoms in total. The molecular weight excluding hydrogens is 460 g/mol. The Morgan fingerprint density at radius 3 is 2.32 bits per heavy atom. The van der Waals surface area contributed by atoms with Crippen molar-refractivity contribution >= 4 is 5.69 Å². The second-order valence-electron chi connectivity index (χ2n) is 9.08. The van der Waals surface area contributed by atoms with Gasteiger partial charge in [-0.05, 0) is 53.8 Å². The van der Waals surface area contributed by atoms with Crippen molar-refractivity contribution in [3.05, 3.63) is 112 Å². The van der Waals surface area contributed by atoms with Gasteiger partial charge < -0.3 is 5.32 Å². The van der Waals surface area contributed by atoms with E-state index in [1.165, 1.54) is 0 Å². The molecule has 0 radical (unpaired) electrons. The van der Waals surface area contributed by atoms with Crippen molar-refractivity contribution in [1.29, 1.82) is 0 Å². The highest BCUT2D eigenvalue weighted by molar-refractivity contribution is 5.85. The highest BCUT2D eigenvalue weighted by Crippen LogP contribution is 2.34. The summed E-state index contributed by atoms with van der Waals surface area (Å²) in [4.78, 5) is 14.2. The first-order chi connectivity index (χ1) is 18.2. The first-order valence-corrected chi connectivity index (χ1v) is 12.6. The van der Waals surface area contributed by atoms with E-state index in [0.29, 0.717) is 18.1 Å². The van der Waals surface area contributed by atoms with Gasteiger partial charge in [-0.15, -0.1) is 10.2 Å². The van der Waals surface area contributed by atoms with Crippen LogP contribution in [-0.4, -0.2) is 25.2 Å². The normalized spacial score (nSPS) is 11.0. The van der Waals surface area contributed by atoms with Crippen molar-refractivity contribution in [3.8, 4) is 28.2 Å². The number of aryl methyl sites for hydroxylation is 2. The predicted octanol–water partition coefficient (Wildman–Crippen LogP) is 5.95. The Balaban J connectivity index is 1.67. The van der Waals surface area contributed by atoms with Crippen LogP contribution in [-0.2, 0) is 13.0 Å². The molecule has 0 spiro atoms. The Kier molecular flexibility index (Phi) is 7.21. The molecule has 37 heavy (non-hydrogen) atoms. The number of rotatable bonds is 9. The second-order valence-corrected chi connectivity index (χ2v) is 9.08. The number of pyridine rings is 1. The topological polar surface area (TPSA) is 88.5 Å². The molecule has 0 aliphatic heterocycles. The van der Waals surface area contributed by atoms with Gasteiger partial charge in [0, 0.05) is 23.4 Å². The molecule has 0 bridgehead atoms. The maximum Gasteiger partial charge on any atom is 0.278 e. The Hall–Kier alpha value is -4.52. The highest BCUT2D eigenvalue weighted by atomic mass is 16.1. The molecule has 5 aromatic rings. The quantitative estimate of drug-likeness (QED) is 0.267. The summed E-state index contributed by atoms with van der Waals surface area (Å²) in [6.07, 6.45) is 2.85. The summed E-state index contributed by atoms with van der Waals surface area (Å²) in [6, 6.07) is 28.2. The first-order valence-electron chi connectivity index (χ1n) is 12.6. The van der Waals surface area contributed by atoms with Gasteiger partial charge >= 0.3 is 0 Å². The Morgan fingerprint density at radius 1 is 0.892 bits per heavy atom. The number of hydrogen-bond acceptors (Lipinski definition) is 5. The molecule has 2 heterocycles. The van der Waals surface area contributed by atoms with E-state index in [4.69, 9.17) is 0 Å². The molecule has 0 saturated heterocycles. The number of H-pyrrole nitrogens is 1. The number of unbranched alkanes of at least 4 members (excludes halogenated alkanes) is 1. The zero-order chi connectivity index (χ0) is 25.6. The van der Waals surface area contributed by atoms with Gasteiger partial charge in [0.2, 0.25) is 5.82 Å². The standard InChI is InChI=1S/C30H30N6O/c1-3-4-14-23-19-21(2)28(31-20-22-12-6-5-7-13-22)30(37)36(23)27-18-11-10-16-25(27)24-15-8-9-17-26(24)29-32-34-35-33-29/h5-13,15-19,31H,3-4,14,20H2,1-2H3,(H,32,33,34,35). The number of anilines is 1. The van der Waals surface area contributed by atoms with Gasteiger partial charge in [-0.1, -0.05) is 86.1 Å². The smallest absolute Gasteiger partial charge is 0.278 e. The molecule has 0 fully saturated rings. The number of nitrogens with one attached hydrogen (secondary N) is 2.